The molecule has 1 aliphatic heterocycles. The van der Waals surface area contributed by atoms with Gasteiger partial charge in [-0.3, -0.25) is 4.79 Å². The summed E-state index contributed by atoms with van der Waals surface area (Å²) in [6.07, 6.45) is 3.77. The van der Waals surface area contributed by atoms with Crippen LogP contribution in [0.25, 0.3) is 6.08 Å². The number of methoxy groups -OCH3 is 1. The molecule has 1 N–H and O–H groups in total. The molecule has 3 aromatic rings. The topological polar surface area (TPSA) is 77.1 Å². The highest BCUT2D eigenvalue weighted by Gasteiger charge is 2.24. The van der Waals surface area contributed by atoms with E-state index < -0.39 is 0 Å². The Hall–Kier alpha value is -4.26. The molecule has 7 heteroatoms. The normalized spacial score (nSPS) is 11.9. The number of para-hydroxylation sites is 1. The van der Waals surface area contributed by atoms with Gasteiger partial charge in [-0.2, -0.15) is 0 Å². The molecule has 1 heterocycles. The molecule has 0 unspecified atom stereocenters. The van der Waals surface area contributed by atoms with E-state index in [9.17, 15) is 9.59 Å². The first-order chi connectivity index (χ1) is 16.6. The van der Waals surface area contributed by atoms with Gasteiger partial charge in [-0.25, -0.2) is 4.79 Å². The molecule has 0 atom stereocenters. The summed E-state index contributed by atoms with van der Waals surface area (Å²) in [6.45, 7) is 0.537. The van der Waals surface area contributed by atoms with Gasteiger partial charge >= 0.3 is 6.03 Å². The van der Waals surface area contributed by atoms with Gasteiger partial charge in [0.15, 0.2) is 17.3 Å². The van der Waals surface area contributed by atoms with Crippen LogP contribution in [0.3, 0.4) is 0 Å². The largest absolute Gasteiger partial charge is 0.492 e. The van der Waals surface area contributed by atoms with Gasteiger partial charge < -0.3 is 24.4 Å². The van der Waals surface area contributed by atoms with Gasteiger partial charge in [0.05, 0.1) is 7.11 Å². The Bertz CT molecular complexity index is 1190. The van der Waals surface area contributed by atoms with Crippen LogP contribution in [-0.4, -0.2) is 44.2 Å². The number of urea groups is 1. The molecular weight excluding hydrogens is 432 g/mol. The molecule has 4 rings (SSSR count). The van der Waals surface area contributed by atoms with Crippen LogP contribution >= 0.6 is 0 Å². The maximum atomic E-state index is 12.6. The van der Waals surface area contributed by atoms with Crippen molar-refractivity contribution in [3.05, 3.63) is 89.5 Å². The van der Waals surface area contributed by atoms with Crippen molar-refractivity contribution in [2.24, 2.45) is 0 Å². The van der Waals surface area contributed by atoms with Gasteiger partial charge in [-0.1, -0.05) is 48.5 Å². The summed E-state index contributed by atoms with van der Waals surface area (Å²) in [6, 6.07) is 20.0. The Labute approximate surface area is 198 Å². The predicted octanol–water partition coefficient (Wildman–Crippen LogP) is 5.03. The van der Waals surface area contributed by atoms with Crippen LogP contribution in [0, 0.1) is 0 Å². The molecule has 0 saturated carbocycles. The number of anilines is 1. The molecule has 0 spiro atoms. The summed E-state index contributed by atoms with van der Waals surface area (Å²) in [5.41, 5.74) is 2.91. The van der Waals surface area contributed by atoms with Crippen molar-refractivity contribution in [2.45, 2.75) is 6.42 Å². The molecule has 0 radical (unpaired) electrons. The molecule has 0 aromatic heterocycles. The third-order valence-electron chi connectivity index (χ3n) is 5.50. The first kappa shape index (κ1) is 22.9. The third kappa shape index (κ3) is 5.20. The minimum Gasteiger partial charge on any atom is -0.492 e. The number of ether oxygens (including phenoxy) is 3. The molecule has 7 nitrogen and oxygen atoms in total. The molecule has 174 valence electrons. The van der Waals surface area contributed by atoms with Gasteiger partial charge in [-0.05, 0) is 42.3 Å². The molecule has 0 saturated heterocycles. The molecule has 0 aliphatic carbocycles. The second-order valence-electron chi connectivity index (χ2n) is 7.75. The van der Waals surface area contributed by atoms with Crippen LogP contribution in [0.1, 0.15) is 21.5 Å². The number of benzene rings is 3. The summed E-state index contributed by atoms with van der Waals surface area (Å²) in [4.78, 5) is 26.8. The minimum absolute atomic E-state index is 0.0978. The van der Waals surface area contributed by atoms with Gasteiger partial charge in [0, 0.05) is 30.4 Å². The summed E-state index contributed by atoms with van der Waals surface area (Å²) in [5, 5.41) is 2.87. The minimum atomic E-state index is -0.213. The van der Waals surface area contributed by atoms with E-state index in [1.165, 1.54) is 6.08 Å². The average molecular weight is 459 g/mol. The zero-order valence-corrected chi connectivity index (χ0v) is 19.1. The van der Waals surface area contributed by atoms with Crippen molar-refractivity contribution >= 4 is 23.6 Å². The number of nitrogens with one attached hydrogen (secondary N) is 1. The Morgan fingerprint density at radius 1 is 1.06 bits per heavy atom. The van der Waals surface area contributed by atoms with Gasteiger partial charge in [0.2, 0.25) is 12.5 Å². The number of hydrogen-bond acceptors (Lipinski definition) is 5. The van der Waals surface area contributed by atoms with Crippen molar-refractivity contribution in [3.8, 4) is 17.2 Å². The maximum absolute atomic E-state index is 12.6. The Balaban J connectivity index is 1.55. The van der Waals surface area contributed by atoms with Crippen LogP contribution in [-0.2, 0) is 6.42 Å². The van der Waals surface area contributed by atoms with Crippen molar-refractivity contribution in [3.63, 3.8) is 0 Å². The Kier molecular flexibility index (Phi) is 7.13. The van der Waals surface area contributed by atoms with Crippen molar-refractivity contribution in [1.29, 1.82) is 0 Å². The lowest BCUT2D eigenvalue weighted by molar-refractivity contribution is 0.104. The van der Waals surface area contributed by atoms with Crippen LogP contribution in [0.15, 0.2) is 72.8 Å². The van der Waals surface area contributed by atoms with E-state index in [4.69, 9.17) is 14.2 Å². The number of hydrogen-bond donors (Lipinski definition) is 1. The number of ketones is 1. The van der Waals surface area contributed by atoms with E-state index in [2.05, 4.69) is 5.32 Å². The van der Waals surface area contributed by atoms with E-state index in [-0.39, 0.29) is 18.6 Å². The molecule has 1 aliphatic rings. The lowest BCUT2D eigenvalue weighted by atomic mass is 10.00. The van der Waals surface area contributed by atoms with E-state index in [0.29, 0.717) is 41.3 Å². The van der Waals surface area contributed by atoms with Crippen molar-refractivity contribution in [1.82, 2.24) is 4.90 Å². The highest BCUT2D eigenvalue weighted by atomic mass is 16.7. The molecule has 3 aromatic carbocycles. The van der Waals surface area contributed by atoms with Crippen LogP contribution in [0.2, 0.25) is 0 Å². The highest BCUT2D eigenvalue weighted by Crippen LogP contribution is 2.45. The summed E-state index contributed by atoms with van der Waals surface area (Å²) in [7, 11) is 3.29. The Morgan fingerprint density at radius 2 is 1.76 bits per heavy atom. The first-order valence-electron chi connectivity index (χ1n) is 10.9. The third-order valence-corrected chi connectivity index (χ3v) is 5.50. The zero-order valence-electron chi connectivity index (χ0n) is 19.1. The van der Waals surface area contributed by atoms with E-state index in [1.54, 1.807) is 37.3 Å². The lowest BCUT2D eigenvalue weighted by Gasteiger charge is -2.20. The summed E-state index contributed by atoms with van der Waals surface area (Å²) < 4.78 is 16.8. The first-order valence-corrected chi connectivity index (χ1v) is 10.9. The molecule has 0 fully saturated rings. The number of nitrogens with zero attached hydrogens (tertiary/aromatic N) is 1. The van der Waals surface area contributed by atoms with Crippen LogP contribution in [0.5, 0.6) is 17.2 Å². The summed E-state index contributed by atoms with van der Waals surface area (Å²) in [5.74, 6) is 1.46. The fourth-order valence-electron chi connectivity index (χ4n) is 3.66. The number of amides is 2. The number of rotatable bonds is 8. The van der Waals surface area contributed by atoms with Gasteiger partial charge in [0.1, 0.15) is 0 Å². The standard InChI is InChI=1S/C27H26N2O5/c1-29(27(31)28-21-11-7-4-8-12-21)16-15-20-17-24-26(34-18-33-24)25(32-2)22(20)13-14-23(30)19-9-5-3-6-10-19/h3-14,17H,15-16,18H2,1-2H3,(H,28,31)/b14-13+. The second kappa shape index (κ2) is 10.6. The fraction of sp³-hybridized carbons (Fsp3) is 0.185. The van der Waals surface area contributed by atoms with Crippen LogP contribution in [0.4, 0.5) is 10.5 Å². The average Bonchev–Trinajstić information content (AvgIpc) is 3.34. The zero-order chi connectivity index (χ0) is 23.9. The second-order valence-corrected chi connectivity index (χ2v) is 7.75. The van der Waals surface area contributed by atoms with Crippen molar-refractivity contribution < 1.29 is 23.8 Å². The molecular formula is C27H26N2O5. The number of carbonyl (C=O) groups is 2. The Morgan fingerprint density at radius 3 is 2.47 bits per heavy atom. The smallest absolute Gasteiger partial charge is 0.321 e. The molecule has 0 bridgehead atoms. The monoisotopic (exact) mass is 458 g/mol. The number of carbonyl (C=O) groups excluding carboxylic acids is 2. The highest BCUT2D eigenvalue weighted by molar-refractivity contribution is 6.07. The lowest BCUT2D eigenvalue weighted by Crippen LogP contribution is -2.33. The molecule has 34 heavy (non-hydrogen) atoms. The number of allylic oxidation sites excluding steroid dienone is 1. The van der Waals surface area contributed by atoms with Gasteiger partial charge in [-0.15, -0.1) is 0 Å². The number of fused-ring (bicyclic) bond motifs is 1. The fourth-order valence-corrected chi connectivity index (χ4v) is 3.66. The molecule has 2 amide bonds. The quantitative estimate of drug-likeness (QED) is 0.379. The predicted molar refractivity (Wildman–Crippen MR) is 131 cm³/mol. The van der Waals surface area contributed by atoms with E-state index in [0.717, 1.165) is 11.3 Å². The van der Waals surface area contributed by atoms with Gasteiger partial charge in [0.25, 0.3) is 0 Å². The number of likely N-dealkylation sites (N-methyl/N-ethyl adjacent to an activating group) is 1. The van der Waals surface area contributed by atoms with E-state index >= 15 is 0 Å². The summed E-state index contributed by atoms with van der Waals surface area (Å²) >= 11 is 0. The van der Waals surface area contributed by atoms with E-state index in [1.807, 2.05) is 54.6 Å². The van der Waals surface area contributed by atoms with Crippen LogP contribution < -0.4 is 19.5 Å². The van der Waals surface area contributed by atoms with Crippen molar-refractivity contribution in [2.75, 3.05) is 32.8 Å². The SMILES string of the molecule is COc1c(/C=C/C(=O)c2ccccc2)c(CCN(C)C(=O)Nc2ccccc2)cc2c1OCO2. The maximum Gasteiger partial charge on any atom is 0.321 e.